The summed E-state index contributed by atoms with van der Waals surface area (Å²) in [6.07, 6.45) is 1.55. The van der Waals surface area contributed by atoms with Gasteiger partial charge in [-0.15, -0.1) is 0 Å². The molecule has 1 fully saturated rings. The molecule has 176 valence electrons. The number of aryl methyl sites for hydroxylation is 1. The molecule has 1 saturated carbocycles. The van der Waals surface area contributed by atoms with Gasteiger partial charge in [0, 0.05) is 41.0 Å². The van der Waals surface area contributed by atoms with Crippen molar-refractivity contribution in [3.63, 3.8) is 0 Å². The van der Waals surface area contributed by atoms with Crippen LogP contribution in [0, 0.1) is 30.9 Å². The van der Waals surface area contributed by atoms with E-state index in [-0.39, 0.29) is 36.2 Å². The number of carbonyl (C=O) groups excluding carboxylic acids is 3. The monoisotopic (exact) mass is 455 g/mol. The van der Waals surface area contributed by atoms with Gasteiger partial charge in [-0.2, -0.15) is 0 Å². The summed E-state index contributed by atoms with van der Waals surface area (Å²) in [6.45, 7) is 9.26. The van der Waals surface area contributed by atoms with Crippen LogP contribution in [0.5, 0.6) is 0 Å². The number of esters is 1. The maximum atomic E-state index is 13.4. The van der Waals surface area contributed by atoms with Crippen LogP contribution in [0.15, 0.2) is 18.2 Å². The van der Waals surface area contributed by atoms with E-state index in [4.69, 9.17) is 4.74 Å². The third-order valence-corrected chi connectivity index (χ3v) is 6.05. The number of carbonyl (C=O) groups is 3. The number of amides is 1. The predicted octanol–water partition coefficient (Wildman–Crippen LogP) is 4.01. The summed E-state index contributed by atoms with van der Waals surface area (Å²) >= 11 is 0. The second-order valence-electron chi connectivity index (χ2n) is 8.24. The molecule has 1 aliphatic rings. The highest BCUT2D eigenvalue weighted by Crippen LogP contribution is 2.31. The molecule has 1 aromatic heterocycles. The van der Waals surface area contributed by atoms with Gasteiger partial charge in [0.2, 0.25) is 0 Å². The van der Waals surface area contributed by atoms with Crippen molar-refractivity contribution >= 4 is 23.3 Å². The molecule has 0 spiro atoms. The Kier molecular flexibility index (Phi) is 7.00. The number of ether oxygens (including phenoxy) is 1. The molecule has 0 saturated heterocycles. The lowest BCUT2D eigenvalue weighted by atomic mass is 10.0. The third kappa shape index (κ3) is 4.67. The SMILES string of the molecule is CCOC(=O)c1c(C)c(C(=O)CN(C(=O)c2ccc(C)c([N+](=O)[O-])c2)C2CC2)c(C)n1CC. The molecular formula is C24H29N3O6. The maximum Gasteiger partial charge on any atom is 0.355 e. The average Bonchev–Trinajstić information content (AvgIpc) is 3.56. The lowest BCUT2D eigenvalue weighted by molar-refractivity contribution is -0.385. The van der Waals surface area contributed by atoms with Gasteiger partial charge in [-0.05, 0) is 59.1 Å². The number of nitro benzene ring substituents is 1. The topological polar surface area (TPSA) is 112 Å². The molecule has 1 aliphatic carbocycles. The minimum absolute atomic E-state index is 0.0831. The second-order valence-corrected chi connectivity index (χ2v) is 8.24. The van der Waals surface area contributed by atoms with Crippen molar-refractivity contribution in [1.82, 2.24) is 9.47 Å². The molecule has 33 heavy (non-hydrogen) atoms. The molecule has 0 bridgehead atoms. The average molecular weight is 456 g/mol. The van der Waals surface area contributed by atoms with E-state index in [9.17, 15) is 24.5 Å². The first-order chi connectivity index (χ1) is 15.6. The number of benzene rings is 1. The molecule has 1 heterocycles. The largest absolute Gasteiger partial charge is 0.461 e. The molecule has 0 aliphatic heterocycles. The number of ketones is 1. The Hall–Kier alpha value is -3.49. The fourth-order valence-corrected chi connectivity index (χ4v) is 4.26. The van der Waals surface area contributed by atoms with Gasteiger partial charge in [-0.3, -0.25) is 19.7 Å². The van der Waals surface area contributed by atoms with E-state index >= 15 is 0 Å². The molecule has 0 radical (unpaired) electrons. The predicted molar refractivity (Wildman–Crippen MR) is 122 cm³/mol. The van der Waals surface area contributed by atoms with Crippen molar-refractivity contribution in [3.05, 3.63) is 62.0 Å². The van der Waals surface area contributed by atoms with Gasteiger partial charge >= 0.3 is 5.97 Å². The van der Waals surface area contributed by atoms with Crippen LogP contribution < -0.4 is 0 Å². The van der Waals surface area contributed by atoms with E-state index in [1.165, 1.54) is 11.0 Å². The van der Waals surface area contributed by atoms with E-state index in [1.807, 2.05) is 6.92 Å². The van der Waals surface area contributed by atoms with Gasteiger partial charge < -0.3 is 14.2 Å². The van der Waals surface area contributed by atoms with Gasteiger partial charge in [0.15, 0.2) is 5.78 Å². The van der Waals surface area contributed by atoms with Gasteiger partial charge in [0.05, 0.1) is 18.1 Å². The van der Waals surface area contributed by atoms with Gasteiger partial charge in [0.25, 0.3) is 11.6 Å². The minimum atomic E-state index is -0.518. The summed E-state index contributed by atoms with van der Waals surface area (Å²) in [4.78, 5) is 51.4. The van der Waals surface area contributed by atoms with Crippen LogP contribution in [-0.4, -0.2) is 51.2 Å². The summed E-state index contributed by atoms with van der Waals surface area (Å²) < 4.78 is 6.93. The van der Waals surface area contributed by atoms with Gasteiger partial charge in [-0.25, -0.2) is 4.79 Å². The van der Waals surface area contributed by atoms with Crippen LogP contribution in [0.1, 0.15) is 74.7 Å². The van der Waals surface area contributed by atoms with Crippen LogP contribution in [-0.2, 0) is 11.3 Å². The first-order valence-electron chi connectivity index (χ1n) is 11.1. The normalized spacial score (nSPS) is 13.0. The van der Waals surface area contributed by atoms with Crippen molar-refractivity contribution in [2.45, 2.75) is 60.0 Å². The highest BCUT2D eigenvalue weighted by Gasteiger charge is 2.36. The number of hydrogen-bond acceptors (Lipinski definition) is 6. The number of nitrogens with zero attached hydrogens (tertiary/aromatic N) is 3. The highest BCUT2D eigenvalue weighted by molar-refractivity contribution is 6.06. The first-order valence-corrected chi connectivity index (χ1v) is 11.1. The molecule has 1 amide bonds. The Morgan fingerprint density at radius 2 is 1.85 bits per heavy atom. The van der Waals surface area contributed by atoms with E-state index in [0.29, 0.717) is 34.6 Å². The van der Waals surface area contributed by atoms with Gasteiger partial charge in [0.1, 0.15) is 5.69 Å². The molecule has 9 heteroatoms. The summed E-state index contributed by atoms with van der Waals surface area (Å²) in [5.74, 6) is -1.17. The summed E-state index contributed by atoms with van der Waals surface area (Å²) in [5.41, 5.74) is 2.45. The molecule has 2 aromatic rings. The van der Waals surface area contributed by atoms with Crippen molar-refractivity contribution in [2.24, 2.45) is 0 Å². The Labute approximate surface area is 192 Å². The van der Waals surface area contributed by atoms with Crippen molar-refractivity contribution < 1.29 is 24.0 Å². The van der Waals surface area contributed by atoms with Gasteiger partial charge in [-0.1, -0.05) is 6.07 Å². The number of rotatable bonds is 9. The Morgan fingerprint density at radius 1 is 1.18 bits per heavy atom. The minimum Gasteiger partial charge on any atom is -0.461 e. The van der Waals surface area contributed by atoms with Crippen molar-refractivity contribution in [2.75, 3.05) is 13.2 Å². The van der Waals surface area contributed by atoms with Crippen LogP contribution in [0.3, 0.4) is 0 Å². The number of hydrogen-bond donors (Lipinski definition) is 0. The second kappa shape index (κ2) is 9.56. The summed E-state index contributed by atoms with van der Waals surface area (Å²) in [7, 11) is 0. The van der Waals surface area contributed by atoms with Crippen molar-refractivity contribution in [3.8, 4) is 0 Å². The maximum absolute atomic E-state index is 13.4. The van der Waals surface area contributed by atoms with Crippen LogP contribution >= 0.6 is 0 Å². The lowest BCUT2D eigenvalue weighted by Crippen LogP contribution is -2.37. The molecule has 0 N–H and O–H groups in total. The summed E-state index contributed by atoms with van der Waals surface area (Å²) in [6, 6.07) is 4.27. The number of nitro groups is 1. The molecular weight excluding hydrogens is 426 g/mol. The molecule has 1 aromatic carbocycles. The molecule has 0 unspecified atom stereocenters. The zero-order valence-electron chi connectivity index (χ0n) is 19.6. The fourth-order valence-electron chi connectivity index (χ4n) is 4.26. The van der Waals surface area contributed by atoms with E-state index < -0.39 is 16.8 Å². The van der Waals surface area contributed by atoms with E-state index in [2.05, 4.69) is 0 Å². The Balaban J connectivity index is 1.94. The molecule has 3 rings (SSSR count). The summed E-state index contributed by atoms with van der Waals surface area (Å²) in [5, 5.41) is 11.3. The van der Waals surface area contributed by atoms with Crippen LogP contribution in [0.2, 0.25) is 0 Å². The zero-order valence-corrected chi connectivity index (χ0v) is 19.6. The van der Waals surface area contributed by atoms with Crippen LogP contribution in [0.25, 0.3) is 0 Å². The lowest BCUT2D eigenvalue weighted by Gasteiger charge is -2.22. The highest BCUT2D eigenvalue weighted by atomic mass is 16.6. The van der Waals surface area contributed by atoms with E-state index in [1.54, 1.807) is 44.4 Å². The number of Topliss-reactive ketones (excluding diaryl/α,β-unsaturated/α-hetero) is 1. The quantitative estimate of drug-likeness (QED) is 0.244. The van der Waals surface area contributed by atoms with E-state index in [0.717, 1.165) is 12.8 Å². The Bertz CT molecular complexity index is 1130. The first kappa shape index (κ1) is 24.2. The van der Waals surface area contributed by atoms with Crippen LogP contribution in [0.4, 0.5) is 5.69 Å². The fraction of sp³-hybridized carbons (Fsp3) is 0.458. The number of aromatic nitrogens is 1. The smallest absolute Gasteiger partial charge is 0.355 e. The standard InChI is InChI=1S/C24H29N3O6/c1-6-25-16(5)21(15(4)22(25)24(30)33-7-2)20(28)13-26(18-10-11-18)23(29)17-9-8-14(3)19(12-17)27(31)32/h8-9,12,18H,6-7,10-11,13H2,1-5H3. The molecule has 9 nitrogen and oxygen atoms in total. The molecule has 0 atom stereocenters. The Morgan fingerprint density at radius 3 is 2.39 bits per heavy atom. The zero-order chi connectivity index (χ0) is 24.4. The van der Waals surface area contributed by atoms with Crippen molar-refractivity contribution in [1.29, 1.82) is 0 Å². The third-order valence-electron chi connectivity index (χ3n) is 6.05.